The molecule has 3 aliphatic rings. The maximum atomic E-state index is 12.8. The van der Waals surface area contributed by atoms with Crippen LogP contribution < -0.4 is 4.74 Å². The minimum Gasteiger partial charge on any atom is -0.490 e. The molecule has 2 saturated carbocycles. The van der Waals surface area contributed by atoms with Crippen molar-refractivity contribution in [1.82, 2.24) is 0 Å². The van der Waals surface area contributed by atoms with Gasteiger partial charge in [-0.2, -0.15) is 0 Å². The van der Waals surface area contributed by atoms with Crippen molar-refractivity contribution >= 4 is 5.97 Å². The summed E-state index contributed by atoms with van der Waals surface area (Å²) in [4.78, 5) is 12.8. The summed E-state index contributed by atoms with van der Waals surface area (Å²) in [6, 6.07) is 8.29. The number of fused-ring (bicyclic) bond motifs is 3. The van der Waals surface area contributed by atoms with E-state index in [-0.39, 0.29) is 29.8 Å². The van der Waals surface area contributed by atoms with Crippen LogP contribution in [0.15, 0.2) is 49.1 Å². The first kappa shape index (κ1) is 19.3. The van der Waals surface area contributed by atoms with E-state index in [2.05, 4.69) is 56.8 Å². The van der Waals surface area contributed by atoms with Gasteiger partial charge >= 0.3 is 5.97 Å². The Kier molecular flexibility index (Phi) is 5.35. The van der Waals surface area contributed by atoms with E-state index in [1.54, 1.807) is 0 Å². The highest BCUT2D eigenvalue weighted by molar-refractivity contribution is 5.74. The number of methoxy groups -OCH3 is 1. The predicted molar refractivity (Wildman–Crippen MR) is 111 cm³/mol. The molecule has 28 heavy (non-hydrogen) atoms. The molecule has 0 amide bonds. The van der Waals surface area contributed by atoms with E-state index in [9.17, 15) is 4.79 Å². The summed E-state index contributed by atoms with van der Waals surface area (Å²) in [7, 11) is 1.50. The second-order valence-corrected chi connectivity index (χ2v) is 9.04. The van der Waals surface area contributed by atoms with Crippen LogP contribution in [0.3, 0.4) is 0 Å². The van der Waals surface area contributed by atoms with Crippen molar-refractivity contribution in [2.45, 2.75) is 39.2 Å². The fraction of sp³-hybridized carbons (Fsp3) is 0.560. The number of carbonyl (C=O) groups is 1. The van der Waals surface area contributed by atoms with Crippen molar-refractivity contribution in [2.24, 2.45) is 41.4 Å². The highest BCUT2D eigenvalue weighted by atomic mass is 16.5. The Balaban J connectivity index is 1.72. The van der Waals surface area contributed by atoms with E-state index in [0.717, 1.165) is 11.7 Å². The number of esters is 1. The molecule has 4 rings (SSSR count). The molecule has 0 aliphatic heterocycles. The molecule has 8 atom stereocenters. The van der Waals surface area contributed by atoms with E-state index in [0.29, 0.717) is 17.8 Å². The number of ether oxygens (including phenoxy) is 2. The van der Waals surface area contributed by atoms with Gasteiger partial charge in [-0.15, -0.1) is 6.58 Å². The van der Waals surface area contributed by atoms with E-state index in [1.165, 1.54) is 31.9 Å². The maximum absolute atomic E-state index is 12.8. The third-order valence-electron chi connectivity index (χ3n) is 7.38. The number of hydrogen-bond donors (Lipinski definition) is 0. The molecule has 1 aromatic carbocycles. The van der Waals surface area contributed by atoms with Gasteiger partial charge in [0.25, 0.3) is 0 Å². The number of hydrogen-bond acceptors (Lipinski definition) is 3. The average molecular weight is 381 g/mol. The van der Waals surface area contributed by atoms with Gasteiger partial charge in [0.2, 0.25) is 0 Å². The molecule has 0 unspecified atom stereocenters. The Labute approximate surface area is 168 Å². The number of allylic oxidation sites excluding steroid dienone is 3. The van der Waals surface area contributed by atoms with Gasteiger partial charge in [0, 0.05) is 11.8 Å². The van der Waals surface area contributed by atoms with Crippen LogP contribution in [0.4, 0.5) is 0 Å². The fourth-order valence-electron chi connectivity index (χ4n) is 6.05. The van der Waals surface area contributed by atoms with Crippen LogP contribution in [0.2, 0.25) is 0 Å². The molecule has 0 heterocycles. The van der Waals surface area contributed by atoms with Crippen molar-refractivity contribution in [3.05, 3.63) is 54.6 Å². The Morgan fingerprint density at radius 1 is 1.14 bits per heavy atom. The van der Waals surface area contributed by atoms with E-state index >= 15 is 0 Å². The van der Waals surface area contributed by atoms with Crippen molar-refractivity contribution < 1.29 is 14.3 Å². The Morgan fingerprint density at radius 2 is 1.89 bits per heavy atom. The summed E-state index contributed by atoms with van der Waals surface area (Å²) in [5.41, 5.74) is 1.22. The van der Waals surface area contributed by atoms with Gasteiger partial charge in [-0.3, -0.25) is 4.79 Å². The molecule has 3 aliphatic carbocycles. The lowest BCUT2D eigenvalue weighted by Gasteiger charge is -2.37. The zero-order valence-corrected chi connectivity index (χ0v) is 17.2. The van der Waals surface area contributed by atoms with Crippen LogP contribution in [-0.4, -0.2) is 19.2 Å². The highest BCUT2D eigenvalue weighted by Crippen LogP contribution is 2.57. The third-order valence-corrected chi connectivity index (χ3v) is 7.38. The van der Waals surface area contributed by atoms with Crippen molar-refractivity contribution in [3.63, 3.8) is 0 Å². The number of carbonyl (C=O) groups excluding carboxylic acids is 1. The van der Waals surface area contributed by atoms with Gasteiger partial charge in [0.1, 0.15) is 11.9 Å². The van der Waals surface area contributed by atoms with Crippen LogP contribution >= 0.6 is 0 Å². The molecule has 1 aromatic rings. The maximum Gasteiger partial charge on any atom is 0.310 e. The lowest BCUT2D eigenvalue weighted by atomic mass is 9.68. The zero-order chi connectivity index (χ0) is 19.8. The molecule has 2 fully saturated rings. The van der Waals surface area contributed by atoms with Crippen molar-refractivity contribution in [1.29, 1.82) is 0 Å². The molecular weight excluding hydrogens is 348 g/mol. The first-order valence-electron chi connectivity index (χ1n) is 10.7. The minimum absolute atomic E-state index is 0.00962. The van der Waals surface area contributed by atoms with Gasteiger partial charge in [0.15, 0.2) is 0 Å². The highest BCUT2D eigenvalue weighted by Gasteiger charge is 2.58. The van der Waals surface area contributed by atoms with Crippen LogP contribution in [-0.2, 0) is 9.53 Å². The van der Waals surface area contributed by atoms with Crippen LogP contribution in [0.1, 0.15) is 31.7 Å². The van der Waals surface area contributed by atoms with Gasteiger partial charge in [-0.25, -0.2) is 0 Å². The smallest absolute Gasteiger partial charge is 0.310 e. The first-order chi connectivity index (χ1) is 13.5. The largest absolute Gasteiger partial charge is 0.490 e. The van der Waals surface area contributed by atoms with Crippen LogP contribution in [0.5, 0.6) is 5.75 Å². The summed E-state index contributed by atoms with van der Waals surface area (Å²) in [6.07, 6.45) is 10.1. The SMILES string of the molecule is C=C[C@H]1C=C[C@H]2[C@@H]3C[C@H](C)CC[C@H]3[C@H](Oc3ccc(C)cc3)[C@@H]2[C@H]1C(=O)OC. The van der Waals surface area contributed by atoms with E-state index in [1.807, 2.05) is 6.08 Å². The van der Waals surface area contributed by atoms with E-state index in [4.69, 9.17) is 9.47 Å². The zero-order valence-electron chi connectivity index (χ0n) is 17.2. The monoisotopic (exact) mass is 380 g/mol. The van der Waals surface area contributed by atoms with Crippen molar-refractivity contribution in [3.8, 4) is 5.75 Å². The summed E-state index contributed by atoms with van der Waals surface area (Å²) < 4.78 is 11.9. The molecule has 3 heteroatoms. The minimum atomic E-state index is -0.214. The Morgan fingerprint density at radius 3 is 2.57 bits per heavy atom. The molecule has 0 spiro atoms. The Hall–Kier alpha value is -2.03. The van der Waals surface area contributed by atoms with Gasteiger partial charge < -0.3 is 9.47 Å². The lowest BCUT2D eigenvalue weighted by Crippen LogP contribution is -2.42. The van der Waals surface area contributed by atoms with Crippen molar-refractivity contribution in [2.75, 3.05) is 7.11 Å². The molecule has 0 bridgehead atoms. The molecule has 150 valence electrons. The lowest BCUT2D eigenvalue weighted by molar-refractivity contribution is -0.150. The average Bonchev–Trinajstić information content (AvgIpc) is 3.01. The fourth-order valence-corrected chi connectivity index (χ4v) is 6.05. The quantitative estimate of drug-likeness (QED) is 0.532. The second-order valence-electron chi connectivity index (χ2n) is 9.04. The van der Waals surface area contributed by atoms with Crippen LogP contribution in [0.25, 0.3) is 0 Å². The summed E-state index contributed by atoms with van der Waals surface area (Å²) >= 11 is 0. The third kappa shape index (κ3) is 3.29. The predicted octanol–water partition coefficient (Wildman–Crippen LogP) is 5.20. The summed E-state index contributed by atoms with van der Waals surface area (Å²) in [5, 5.41) is 0. The van der Waals surface area contributed by atoms with Crippen LogP contribution in [0, 0.1) is 48.3 Å². The molecule has 0 aromatic heterocycles. The molecule has 0 N–H and O–H groups in total. The second kappa shape index (κ2) is 7.77. The number of aryl methyl sites for hydroxylation is 1. The molecular formula is C25H32O3. The molecule has 0 saturated heterocycles. The molecule has 0 radical (unpaired) electrons. The van der Waals surface area contributed by atoms with Gasteiger partial charge in [-0.05, 0) is 55.6 Å². The normalized spacial score (nSPS) is 39.0. The summed E-state index contributed by atoms with van der Waals surface area (Å²) in [6.45, 7) is 8.43. The number of benzene rings is 1. The summed E-state index contributed by atoms with van der Waals surface area (Å²) in [5.74, 6) is 2.90. The van der Waals surface area contributed by atoms with E-state index < -0.39 is 0 Å². The number of rotatable bonds is 4. The topological polar surface area (TPSA) is 35.5 Å². The standard InChI is InChI=1S/C25H32O3/c1-5-17-9-13-19-21-14-16(3)8-12-20(21)24(23(19)22(17)25(26)27-4)28-18-10-6-15(2)7-11-18/h5-7,9-11,13,16-17,19-24H,1,8,12,14H2,2-4H3/t16-,17+,19+,20-,21+,22+,23+,24+/m1/s1. The van der Waals surface area contributed by atoms with Gasteiger partial charge in [-0.1, -0.05) is 49.3 Å². The van der Waals surface area contributed by atoms with Gasteiger partial charge in [0.05, 0.1) is 13.0 Å². The Bertz CT molecular complexity index is 750. The first-order valence-corrected chi connectivity index (χ1v) is 10.7. The molecule has 3 nitrogen and oxygen atoms in total.